The number of hydrogen-bond acceptors (Lipinski definition) is 4. The summed E-state index contributed by atoms with van der Waals surface area (Å²) in [4.78, 5) is 27.1. The zero-order valence-corrected chi connectivity index (χ0v) is 14.1. The van der Waals surface area contributed by atoms with Crippen LogP contribution in [0.4, 0.5) is 0 Å². The summed E-state index contributed by atoms with van der Waals surface area (Å²) in [7, 11) is 1.69. The SMILES string of the molecule is Cc1ccc(C(=O)NCC(=O)N(C)CCOc2ccccc2)s1. The van der Waals surface area contributed by atoms with Crippen molar-refractivity contribution in [1.82, 2.24) is 10.2 Å². The van der Waals surface area contributed by atoms with Crippen LogP contribution in [0.3, 0.4) is 0 Å². The molecule has 0 atom stereocenters. The van der Waals surface area contributed by atoms with E-state index in [0.717, 1.165) is 10.6 Å². The Bertz CT molecular complexity index is 655. The summed E-state index contributed by atoms with van der Waals surface area (Å²) >= 11 is 1.41. The number of rotatable bonds is 7. The highest BCUT2D eigenvalue weighted by Gasteiger charge is 2.12. The number of hydrogen-bond donors (Lipinski definition) is 1. The van der Waals surface area contributed by atoms with Crippen LogP contribution in [-0.2, 0) is 4.79 Å². The van der Waals surface area contributed by atoms with E-state index in [1.165, 1.54) is 11.3 Å². The first-order valence-electron chi connectivity index (χ1n) is 7.32. The van der Waals surface area contributed by atoms with Gasteiger partial charge in [-0.15, -0.1) is 11.3 Å². The van der Waals surface area contributed by atoms with E-state index >= 15 is 0 Å². The number of thiophene rings is 1. The van der Waals surface area contributed by atoms with E-state index in [1.54, 1.807) is 18.0 Å². The number of aryl methyl sites for hydroxylation is 1. The smallest absolute Gasteiger partial charge is 0.261 e. The molecule has 0 aliphatic rings. The van der Waals surface area contributed by atoms with Gasteiger partial charge in [0.25, 0.3) is 5.91 Å². The fourth-order valence-electron chi connectivity index (χ4n) is 1.88. The third-order valence-corrected chi connectivity index (χ3v) is 4.23. The summed E-state index contributed by atoms with van der Waals surface area (Å²) in [5.41, 5.74) is 0. The average Bonchev–Trinajstić information content (AvgIpc) is 2.99. The van der Waals surface area contributed by atoms with Gasteiger partial charge in [-0.25, -0.2) is 0 Å². The first-order chi connectivity index (χ1) is 11.1. The maximum atomic E-state index is 12.0. The van der Waals surface area contributed by atoms with Gasteiger partial charge >= 0.3 is 0 Å². The zero-order valence-electron chi connectivity index (χ0n) is 13.2. The van der Waals surface area contributed by atoms with Gasteiger partial charge in [-0.3, -0.25) is 9.59 Å². The maximum absolute atomic E-state index is 12.0. The first kappa shape index (κ1) is 17.0. The second kappa shape index (κ2) is 8.33. The van der Waals surface area contributed by atoms with Crippen molar-refractivity contribution in [3.63, 3.8) is 0 Å². The number of nitrogens with zero attached hydrogens (tertiary/aromatic N) is 1. The Morgan fingerprint density at radius 2 is 1.91 bits per heavy atom. The normalized spacial score (nSPS) is 10.2. The van der Waals surface area contributed by atoms with Crippen molar-refractivity contribution in [2.45, 2.75) is 6.92 Å². The summed E-state index contributed by atoms with van der Waals surface area (Å²) in [6.07, 6.45) is 0. The Kier molecular flexibility index (Phi) is 6.17. The number of amides is 2. The van der Waals surface area contributed by atoms with Crippen LogP contribution in [0, 0.1) is 6.92 Å². The second-order valence-electron chi connectivity index (χ2n) is 5.07. The molecular formula is C17H20N2O3S. The first-order valence-corrected chi connectivity index (χ1v) is 8.14. The lowest BCUT2D eigenvalue weighted by molar-refractivity contribution is -0.129. The molecule has 0 bridgehead atoms. The molecule has 1 aromatic carbocycles. The molecule has 2 rings (SSSR count). The molecule has 1 N–H and O–H groups in total. The highest BCUT2D eigenvalue weighted by molar-refractivity contribution is 7.13. The van der Waals surface area contributed by atoms with Gasteiger partial charge in [0.2, 0.25) is 5.91 Å². The van der Waals surface area contributed by atoms with Crippen molar-refractivity contribution in [2.24, 2.45) is 0 Å². The Hall–Kier alpha value is -2.34. The van der Waals surface area contributed by atoms with Crippen LogP contribution < -0.4 is 10.1 Å². The van der Waals surface area contributed by atoms with Crippen molar-refractivity contribution in [3.05, 3.63) is 52.2 Å². The molecule has 0 fully saturated rings. The van der Waals surface area contributed by atoms with Crippen LogP contribution in [0.25, 0.3) is 0 Å². The Balaban J connectivity index is 1.69. The Labute approximate surface area is 139 Å². The monoisotopic (exact) mass is 332 g/mol. The van der Waals surface area contributed by atoms with Crippen molar-refractivity contribution in [3.8, 4) is 5.75 Å². The highest BCUT2D eigenvalue weighted by atomic mass is 32.1. The average molecular weight is 332 g/mol. The van der Waals surface area contributed by atoms with Gasteiger partial charge in [-0.05, 0) is 31.2 Å². The van der Waals surface area contributed by atoms with Gasteiger partial charge in [0.05, 0.1) is 18.0 Å². The molecule has 122 valence electrons. The standard InChI is InChI=1S/C17H20N2O3S/c1-13-8-9-15(23-13)17(21)18-12-16(20)19(2)10-11-22-14-6-4-3-5-7-14/h3-9H,10-12H2,1-2H3,(H,18,21). The lowest BCUT2D eigenvalue weighted by Crippen LogP contribution is -2.39. The Morgan fingerprint density at radius 1 is 1.17 bits per heavy atom. The molecule has 0 aliphatic carbocycles. The van der Waals surface area contributed by atoms with Gasteiger partial charge < -0.3 is 15.0 Å². The van der Waals surface area contributed by atoms with Gasteiger partial charge in [-0.2, -0.15) is 0 Å². The molecule has 5 nitrogen and oxygen atoms in total. The van der Waals surface area contributed by atoms with Crippen LogP contribution in [0.1, 0.15) is 14.5 Å². The van der Waals surface area contributed by atoms with Gasteiger partial charge in [0.15, 0.2) is 0 Å². The van der Waals surface area contributed by atoms with Crippen molar-refractivity contribution in [2.75, 3.05) is 26.7 Å². The van der Waals surface area contributed by atoms with Crippen LogP contribution >= 0.6 is 11.3 Å². The van der Waals surface area contributed by atoms with E-state index in [0.29, 0.717) is 18.0 Å². The minimum atomic E-state index is -0.217. The minimum absolute atomic E-state index is 0.0163. The molecule has 6 heteroatoms. The maximum Gasteiger partial charge on any atom is 0.261 e. The predicted octanol–water partition coefficient (Wildman–Crippen LogP) is 2.32. The van der Waals surface area contributed by atoms with Crippen molar-refractivity contribution >= 4 is 23.2 Å². The summed E-state index contributed by atoms with van der Waals surface area (Å²) in [6.45, 7) is 2.79. The van der Waals surface area contributed by atoms with E-state index in [-0.39, 0.29) is 18.4 Å². The van der Waals surface area contributed by atoms with E-state index in [2.05, 4.69) is 5.32 Å². The molecule has 0 saturated heterocycles. The summed E-state index contributed by atoms with van der Waals surface area (Å²) in [5, 5.41) is 2.64. The van der Waals surface area contributed by atoms with Crippen molar-refractivity contribution < 1.29 is 14.3 Å². The fourth-order valence-corrected chi connectivity index (χ4v) is 2.66. The number of likely N-dealkylation sites (N-methyl/N-ethyl adjacent to an activating group) is 1. The minimum Gasteiger partial charge on any atom is -0.492 e. The number of carbonyl (C=O) groups is 2. The molecule has 0 unspecified atom stereocenters. The number of carbonyl (C=O) groups excluding carboxylic acids is 2. The number of para-hydroxylation sites is 1. The van der Waals surface area contributed by atoms with Crippen LogP contribution in [0.15, 0.2) is 42.5 Å². The molecule has 23 heavy (non-hydrogen) atoms. The molecular weight excluding hydrogens is 312 g/mol. The quantitative estimate of drug-likeness (QED) is 0.846. The summed E-state index contributed by atoms with van der Waals surface area (Å²) in [5.74, 6) is 0.406. The molecule has 2 aromatic rings. The molecule has 0 saturated carbocycles. The number of ether oxygens (including phenoxy) is 1. The number of benzene rings is 1. The zero-order chi connectivity index (χ0) is 16.7. The topological polar surface area (TPSA) is 58.6 Å². The summed E-state index contributed by atoms with van der Waals surface area (Å²) < 4.78 is 5.54. The lowest BCUT2D eigenvalue weighted by Gasteiger charge is -2.17. The van der Waals surface area contributed by atoms with E-state index in [1.807, 2.05) is 43.3 Å². The molecule has 0 radical (unpaired) electrons. The van der Waals surface area contributed by atoms with E-state index in [9.17, 15) is 9.59 Å². The molecule has 2 amide bonds. The summed E-state index contributed by atoms with van der Waals surface area (Å²) in [6, 6.07) is 13.1. The van der Waals surface area contributed by atoms with Gasteiger partial charge in [-0.1, -0.05) is 18.2 Å². The van der Waals surface area contributed by atoms with Gasteiger partial charge in [0.1, 0.15) is 12.4 Å². The third kappa shape index (κ3) is 5.41. The molecule has 1 heterocycles. The van der Waals surface area contributed by atoms with Crippen molar-refractivity contribution in [1.29, 1.82) is 0 Å². The lowest BCUT2D eigenvalue weighted by atomic mass is 10.3. The van der Waals surface area contributed by atoms with E-state index < -0.39 is 0 Å². The molecule has 0 spiro atoms. The van der Waals surface area contributed by atoms with Crippen LogP contribution in [-0.4, -0.2) is 43.5 Å². The predicted molar refractivity (Wildman–Crippen MR) is 91.0 cm³/mol. The van der Waals surface area contributed by atoms with Crippen LogP contribution in [0.5, 0.6) is 5.75 Å². The van der Waals surface area contributed by atoms with Gasteiger partial charge in [0, 0.05) is 11.9 Å². The third-order valence-electron chi connectivity index (χ3n) is 3.23. The highest BCUT2D eigenvalue weighted by Crippen LogP contribution is 2.14. The Morgan fingerprint density at radius 3 is 2.57 bits per heavy atom. The largest absolute Gasteiger partial charge is 0.492 e. The fraction of sp³-hybridized carbons (Fsp3) is 0.294. The number of nitrogens with one attached hydrogen (secondary N) is 1. The van der Waals surface area contributed by atoms with E-state index in [4.69, 9.17) is 4.74 Å². The van der Waals surface area contributed by atoms with Crippen LogP contribution in [0.2, 0.25) is 0 Å². The second-order valence-corrected chi connectivity index (χ2v) is 6.36. The molecule has 0 aliphatic heterocycles. The molecule has 1 aromatic heterocycles.